The van der Waals surface area contributed by atoms with Crippen molar-refractivity contribution in [1.82, 2.24) is 14.8 Å². The van der Waals surface area contributed by atoms with E-state index in [9.17, 15) is 13.2 Å². The number of nitrogens with two attached hydrogens (primary N) is 1. The molecule has 1 unspecified atom stereocenters. The molecule has 0 radical (unpaired) electrons. The van der Waals surface area contributed by atoms with Gasteiger partial charge < -0.3 is 5.73 Å². The maximum absolute atomic E-state index is 12.3. The number of aryl methyl sites for hydroxylation is 1. The molecular weight excluding hydrogens is 209 g/mol. The summed E-state index contributed by atoms with van der Waals surface area (Å²) in [5.41, 5.74) is 5.47. The summed E-state index contributed by atoms with van der Waals surface area (Å²) in [5, 5.41) is 3.43. The Hall–Kier alpha value is -1.11. The van der Waals surface area contributed by atoms with E-state index in [2.05, 4.69) is 10.1 Å². The average molecular weight is 220 g/mol. The average Bonchev–Trinajstić information content (AvgIpc) is 2.59. The van der Waals surface area contributed by atoms with Crippen molar-refractivity contribution in [1.29, 1.82) is 0 Å². The van der Waals surface area contributed by atoms with Crippen molar-refractivity contribution in [2.45, 2.75) is 25.6 Å². The van der Waals surface area contributed by atoms with Crippen LogP contribution in [0.2, 0.25) is 0 Å². The fourth-order valence-corrected chi connectivity index (χ4v) is 1.69. The van der Waals surface area contributed by atoms with Crippen LogP contribution in [0.1, 0.15) is 18.1 Å². The third kappa shape index (κ3) is 1.97. The van der Waals surface area contributed by atoms with E-state index in [1.54, 1.807) is 0 Å². The first-order chi connectivity index (χ1) is 7.00. The molecule has 0 aromatic carbocycles. The smallest absolute Gasteiger partial charge is 0.330 e. The molecule has 4 nitrogen and oxygen atoms in total. The molecule has 84 valence electrons. The van der Waals surface area contributed by atoms with Gasteiger partial charge in [-0.25, -0.2) is 9.67 Å². The second-order valence-corrected chi connectivity index (χ2v) is 3.67. The van der Waals surface area contributed by atoms with Gasteiger partial charge in [-0.2, -0.15) is 13.2 Å². The van der Waals surface area contributed by atoms with Gasteiger partial charge in [0, 0.05) is 13.0 Å². The lowest BCUT2D eigenvalue weighted by molar-refractivity contribution is -0.145. The third-order valence-electron chi connectivity index (χ3n) is 2.56. The van der Waals surface area contributed by atoms with Gasteiger partial charge in [-0.05, 0) is 18.9 Å². The number of rotatable bonds is 1. The van der Waals surface area contributed by atoms with Gasteiger partial charge >= 0.3 is 6.18 Å². The molecule has 0 fully saturated rings. The Balaban J connectivity index is 2.26. The summed E-state index contributed by atoms with van der Waals surface area (Å²) in [6.07, 6.45) is -3.20. The zero-order valence-electron chi connectivity index (χ0n) is 7.96. The number of fused-ring (bicyclic) bond motifs is 1. The van der Waals surface area contributed by atoms with E-state index < -0.39 is 12.0 Å². The molecule has 0 amide bonds. The predicted octanol–water partition coefficient (Wildman–Crippen LogP) is 0.818. The highest BCUT2D eigenvalue weighted by Crippen LogP contribution is 2.28. The molecule has 2 heterocycles. The van der Waals surface area contributed by atoms with Gasteiger partial charge in [0.1, 0.15) is 5.82 Å². The van der Waals surface area contributed by atoms with Gasteiger partial charge in [-0.15, -0.1) is 5.10 Å². The Morgan fingerprint density at radius 3 is 2.80 bits per heavy atom. The molecule has 0 spiro atoms. The largest absolute Gasteiger partial charge is 0.453 e. The van der Waals surface area contributed by atoms with E-state index in [0.717, 1.165) is 6.42 Å². The number of halogens is 3. The minimum absolute atomic E-state index is 0.225. The first-order valence-corrected chi connectivity index (χ1v) is 4.71. The monoisotopic (exact) mass is 220 g/mol. The quantitative estimate of drug-likeness (QED) is 0.762. The van der Waals surface area contributed by atoms with Crippen molar-refractivity contribution in [2.24, 2.45) is 11.7 Å². The lowest BCUT2D eigenvalue weighted by Gasteiger charge is -2.19. The van der Waals surface area contributed by atoms with Gasteiger partial charge in [0.25, 0.3) is 5.82 Å². The summed E-state index contributed by atoms with van der Waals surface area (Å²) in [6, 6.07) is 0. The molecule has 2 rings (SSSR count). The van der Waals surface area contributed by atoms with E-state index >= 15 is 0 Å². The lowest BCUT2D eigenvalue weighted by Crippen LogP contribution is -2.26. The van der Waals surface area contributed by atoms with Crippen LogP contribution in [0.15, 0.2) is 0 Å². The van der Waals surface area contributed by atoms with Crippen LogP contribution >= 0.6 is 0 Å². The van der Waals surface area contributed by atoms with Gasteiger partial charge in [-0.1, -0.05) is 0 Å². The van der Waals surface area contributed by atoms with E-state index in [4.69, 9.17) is 5.73 Å². The molecule has 0 saturated heterocycles. The van der Waals surface area contributed by atoms with E-state index in [1.165, 1.54) is 4.68 Å². The Morgan fingerprint density at radius 1 is 1.47 bits per heavy atom. The molecule has 1 atom stereocenters. The summed E-state index contributed by atoms with van der Waals surface area (Å²) >= 11 is 0. The topological polar surface area (TPSA) is 56.7 Å². The van der Waals surface area contributed by atoms with Gasteiger partial charge in [0.2, 0.25) is 0 Å². The molecule has 1 aromatic heterocycles. The highest BCUT2D eigenvalue weighted by molar-refractivity contribution is 5.00. The second kappa shape index (κ2) is 3.48. The molecule has 0 bridgehead atoms. The Labute approximate surface area is 84.3 Å². The molecular formula is C8H11F3N4. The van der Waals surface area contributed by atoms with Crippen LogP contribution in [0.4, 0.5) is 13.2 Å². The maximum Gasteiger partial charge on any atom is 0.453 e. The first kappa shape index (κ1) is 10.4. The molecule has 1 aliphatic heterocycles. The lowest BCUT2D eigenvalue weighted by atomic mass is 9.99. The van der Waals surface area contributed by atoms with Crippen LogP contribution in [0.3, 0.4) is 0 Å². The molecule has 2 N–H and O–H groups in total. The summed E-state index contributed by atoms with van der Waals surface area (Å²) < 4.78 is 38.2. The molecule has 15 heavy (non-hydrogen) atoms. The van der Waals surface area contributed by atoms with Crippen molar-refractivity contribution in [2.75, 3.05) is 6.54 Å². The summed E-state index contributed by atoms with van der Waals surface area (Å²) in [6.45, 7) is 0.953. The fraction of sp³-hybridized carbons (Fsp3) is 0.750. The van der Waals surface area contributed by atoms with Crippen LogP contribution in [-0.4, -0.2) is 21.3 Å². The van der Waals surface area contributed by atoms with Gasteiger partial charge in [0.15, 0.2) is 0 Å². The standard InChI is InChI=1S/C8H11F3N4/c9-8(10,11)7-13-6-3-5(4-12)1-2-15(6)14-7/h5H,1-4,12H2. The van der Waals surface area contributed by atoms with Crippen molar-refractivity contribution in [3.63, 3.8) is 0 Å². The minimum atomic E-state index is -4.46. The SMILES string of the molecule is NCC1CCn2nc(C(F)(F)F)nc2C1. The summed E-state index contributed by atoms with van der Waals surface area (Å²) in [7, 11) is 0. The zero-order valence-corrected chi connectivity index (χ0v) is 7.96. The maximum atomic E-state index is 12.3. The van der Waals surface area contributed by atoms with Crippen molar-refractivity contribution in [3.8, 4) is 0 Å². The number of aromatic nitrogens is 3. The summed E-state index contributed by atoms with van der Waals surface area (Å²) in [4.78, 5) is 3.49. The van der Waals surface area contributed by atoms with Crippen LogP contribution in [0.5, 0.6) is 0 Å². The van der Waals surface area contributed by atoms with Crippen LogP contribution in [-0.2, 0) is 19.1 Å². The van der Waals surface area contributed by atoms with Gasteiger partial charge in [0.05, 0.1) is 0 Å². The highest BCUT2D eigenvalue weighted by Gasteiger charge is 2.37. The van der Waals surface area contributed by atoms with Crippen LogP contribution in [0.25, 0.3) is 0 Å². The zero-order chi connectivity index (χ0) is 11.1. The summed E-state index contributed by atoms with van der Waals surface area (Å²) in [5.74, 6) is -0.429. The fourth-order valence-electron chi connectivity index (χ4n) is 1.69. The van der Waals surface area contributed by atoms with E-state index in [0.29, 0.717) is 25.3 Å². The number of hydrogen-bond acceptors (Lipinski definition) is 3. The third-order valence-corrected chi connectivity index (χ3v) is 2.56. The number of alkyl halides is 3. The van der Waals surface area contributed by atoms with Crippen LogP contribution in [0, 0.1) is 5.92 Å². The molecule has 1 aromatic rings. The van der Waals surface area contributed by atoms with E-state index in [-0.39, 0.29) is 5.92 Å². The minimum Gasteiger partial charge on any atom is -0.330 e. The van der Waals surface area contributed by atoms with E-state index in [1.807, 2.05) is 0 Å². The predicted molar refractivity (Wildman–Crippen MR) is 45.9 cm³/mol. The van der Waals surface area contributed by atoms with Crippen molar-refractivity contribution in [3.05, 3.63) is 11.6 Å². The Kier molecular flexibility index (Phi) is 2.41. The first-order valence-electron chi connectivity index (χ1n) is 4.71. The molecule has 0 saturated carbocycles. The van der Waals surface area contributed by atoms with Crippen molar-refractivity contribution >= 4 is 0 Å². The van der Waals surface area contributed by atoms with Crippen molar-refractivity contribution < 1.29 is 13.2 Å². The Morgan fingerprint density at radius 2 is 2.20 bits per heavy atom. The van der Waals surface area contributed by atoms with Gasteiger partial charge in [-0.3, -0.25) is 0 Å². The second-order valence-electron chi connectivity index (χ2n) is 3.67. The number of nitrogens with zero attached hydrogens (tertiary/aromatic N) is 3. The normalized spacial score (nSPS) is 21.5. The van der Waals surface area contributed by atoms with Crippen LogP contribution < -0.4 is 5.73 Å². The Bertz CT molecular complexity index is 357. The highest BCUT2D eigenvalue weighted by atomic mass is 19.4. The molecule has 1 aliphatic rings. The molecule has 0 aliphatic carbocycles. The molecule has 7 heteroatoms. The number of hydrogen-bond donors (Lipinski definition) is 1.